The molecule has 70 valence electrons. The van der Waals surface area contributed by atoms with Crippen LogP contribution >= 0.6 is 0 Å². The van der Waals surface area contributed by atoms with E-state index < -0.39 is 12.0 Å². The van der Waals surface area contributed by atoms with Crippen molar-refractivity contribution in [2.45, 2.75) is 25.8 Å². The SMILES string of the molecule is C=O.CC(=O)CC[C@@H](N)C(=O)O. The number of rotatable bonds is 4. The van der Waals surface area contributed by atoms with Gasteiger partial charge in [-0.1, -0.05) is 0 Å². The van der Waals surface area contributed by atoms with Gasteiger partial charge in [-0.3, -0.25) is 4.79 Å². The van der Waals surface area contributed by atoms with Crippen molar-refractivity contribution in [1.29, 1.82) is 0 Å². The molecule has 0 radical (unpaired) electrons. The van der Waals surface area contributed by atoms with Crippen LogP contribution in [0.15, 0.2) is 0 Å². The highest BCUT2D eigenvalue weighted by molar-refractivity contribution is 5.77. The monoisotopic (exact) mass is 175 g/mol. The number of carboxylic acid groups (broad SMARTS) is 1. The van der Waals surface area contributed by atoms with Crippen molar-refractivity contribution in [2.75, 3.05) is 0 Å². The van der Waals surface area contributed by atoms with Gasteiger partial charge in [0.15, 0.2) is 0 Å². The van der Waals surface area contributed by atoms with E-state index in [9.17, 15) is 9.59 Å². The van der Waals surface area contributed by atoms with E-state index in [4.69, 9.17) is 15.6 Å². The topological polar surface area (TPSA) is 97.5 Å². The number of nitrogens with two attached hydrogens (primary N) is 1. The highest BCUT2D eigenvalue weighted by Gasteiger charge is 2.10. The number of aliphatic carboxylic acids is 1. The second-order valence-electron chi connectivity index (χ2n) is 2.19. The first-order chi connectivity index (χ1) is 5.54. The normalized spacial score (nSPS) is 10.8. The van der Waals surface area contributed by atoms with Gasteiger partial charge in [0.2, 0.25) is 0 Å². The van der Waals surface area contributed by atoms with Gasteiger partial charge in [-0.05, 0) is 13.3 Å². The van der Waals surface area contributed by atoms with E-state index in [1.165, 1.54) is 6.92 Å². The van der Waals surface area contributed by atoms with Crippen LogP contribution in [0.2, 0.25) is 0 Å². The first-order valence-corrected chi connectivity index (χ1v) is 3.30. The minimum Gasteiger partial charge on any atom is -0.480 e. The molecular formula is C7H13NO4. The van der Waals surface area contributed by atoms with Gasteiger partial charge in [-0.15, -0.1) is 0 Å². The molecule has 0 rings (SSSR count). The molecule has 0 saturated carbocycles. The van der Waals surface area contributed by atoms with Crippen LogP contribution in [0.1, 0.15) is 19.8 Å². The predicted molar refractivity (Wildman–Crippen MR) is 42.6 cm³/mol. The Balaban J connectivity index is 0. The van der Waals surface area contributed by atoms with Crippen molar-refractivity contribution < 1.29 is 19.5 Å². The Morgan fingerprint density at radius 3 is 2.17 bits per heavy atom. The molecule has 0 aromatic carbocycles. The van der Waals surface area contributed by atoms with Crippen molar-refractivity contribution in [3.63, 3.8) is 0 Å². The second-order valence-corrected chi connectivity index (χ2v) is 2.19. The fraction of sp³-hybridized carbons (Fsp3) is 0.571. The van der Waals surface area contributed by atoms with Gasteiger partial charge in [0.25, 0.3) is 0 Å². The summed E-state index contributed by atoms with van der Waals surface area (Å²) in [6, 6.07) is -0.899. The van der Waals surface area contributed by atoms with E-state index in [-0.39, 0.29) is 18.6 Å². The third-order valence-electron chi connectivity index (χ3n) is 1.12. The predicted octanol–water partition coefficient (Wildman–Crippen LogP) is -0.417. The fourth-order valence-corrected chi connectivity index (χ4v) is 0.482. The minimum atomic E-state index is -1.05. The highest BCUT2D eigenvalue weighted by atomic mass is 16.4. The average Bonchev–Trinajstić information content (AvgIpc) is 2.03. The smallest absolute Gasteiger partial charge is 0.320 e. The fourth-order valence-electron chi connectivity index (χ4n) is 0.482. The number of carbonyl (C=O) groups excluding carboxylic acids is 2. The molecule has 0 aliphatic carbocycles. The maximum atomic E-state index is 10.3. The molecule has 0 amide bonds. The minimum absolute atomic E-state index is 0.0308. The Hall–Kier alpha value is -1.23. The van der Waals surface area contributed by atoms with Crippen LogP contribution in [0.5, 0.6) is 0 Å². The number of hydrogen-bond acceptors (Lipinski definition) is 4. The molecule has 0 unspecified atom stereocenters. The van der Waals surface area contributed by atoms with Crippen LogP contribution in [0, 0.1) is 0 Å². The summed E-state index contributed by atoms with van der Waals surface area (Å²) in [4.78, 5) is 28.4. The van der Waals surface area contributed by atoms with Gasteiger partial charge in [-0.2, -0.15) is 0 Å². The first-order valence-electron chi connectivity index (χ1n) is 3.30. The average molecular weight is 175 g/mol. The number of carboxylic acids is 1. The molecule has 0 saturated heterocycles. The standard InChI is InChI=1S/C6H11NO3.CH2O/c1-4(8)2-3-5(7)6(9)10;1-2/h5H,2-3,7H2,1H3,(H,9,10);1H2/t5-;/m1./s1. The lowest BCUT2D eigenvalue weighted by molar-refractivity contribution is -0.138. The van der Waals surface area contributed by atoms with Crippen LogP contribution in [0.25, 0.3) is 0 Å². The molecule has 0 aliphatic rings. The Bertz CT molecular complexity index is 157. The molecule has 0 bridgehead atoms. The van der Waals surface area contributed by atoms with Crippen molar-refractivity contribution in [1.82, 2.24) is 0 Å². The molecule has 5 heteroatoms. The number of ketones is 1. The van der Waals surface area contributed by atoms with E-state index >= 15 is 0 Å². The molecule has 12 heavy (non-hydrogen) atoms. The molecule has 0 aliphatic heterocycles. The maximum Gasteiger partial charge on any atom is 0.320 e. The highest BCUT2D eigenvalue weighted by Crippen LogP contribution is 1.94. The molecule has 0 aromatic heterocycles. The van der Waals surface area contributed by atoms with Gasteiger partial charge in [0, 0.05) is 6.42 Å². The van der Waals surface area contributed by atoms with Crippen LogP contribution in [0.4, 0.5) is 0 Å². The Morgan fingerprint density at radius 1 is 1.50 bits per heavy atom. The van der Waals surface area contributed by atoms with Crippen molar-refractivity contribution >= 4 is 18.5 Å². The van der Waals surface area contributed by atoms with Gasteiger partial charge in [-0.25, -0.2) is 0 Å². The quantitative estimate of drug-likeness (QED) is 0.604. The van der Waals surface area contributed by atoms with Crippen molar-refractivity contribution in [3.8, 4) is 0 Å². The Kier molecular flexibility index (Phi) is 8.77. The largest absolute Gasteiger partial charge is 0.480 e. The maximum absolute atomic E-state index is 10.3. The number of carbonyl (C=O) groups is 3. The Morgan fingerprint density at radius 2 is 1.92 bits per heavy atom. The molecule has 3 N–H and O–H groups in total. The zero-order chi connectivity index (χ0) is 10.1. The van der Waals surface area contributed by atoms with E-state index in [0.29, 0.717) is 0 Å². The molecule has 1 atom stereocenters. The molecule has 0 spiro atoms. The summed E-state index contributed by atoms with van der Waals surface area (Å²) in [7, 11) is 0. The molecule has 0 fully saturated rings. The molecular weight excluding hydrogens is 162 g/mol. The lowest BCUT2D eigenvalue weighted by Crippen LogP contribution is -2.30. The summed E-state index contributed by atoms with van der Waals surface area (Å²) in [6.07, 6.45) is 0.470. The van der Waals surface area contributed by atoms with E-state index in [0.717, 1.165) is 0 Å². The van der Waals surface area contributed by atoms with Crippen LogP contribution in [-0.4, -0.2) is 29.7 Å². The number of Topliss-reactive ketones (excluding diaryl/α,β-unsaturated/α-hetero) is 1. The van der Waals surface area contributed by atoms with Gasteiger partial charge < -0.3 is 20.4 Å². The van der Waals surface area contributed by atoms with Crippen LogP contribution in [0.3, 0.4) is 0 Å². The third kappa shape index (κ3) is 8.77. The van der Waals surface area contributed by atoms with Gasteiger partial charge in [0.05, 0.1) is 0 Å². The van der Waals surface area contributed by atoms with Crippen LogP contribution < -0.4 is 5.73 Å². The summed E-state index contributed by atoms with van der Waals surface area (Å²) in [5.41, 5.74) is 5.11. The third-order valence-corrected chi connectivity index (χ3v) is 1.12. The summed E-state index contributed by atoms with van der Waals surface area (Å²) < 4.78 is 0. The second kappa shape index (κ2) is 7.87. The lowest BCUT2D eigenvalue weighted by Gasteiger charge is -2.02. The summed E-state index contributed by atoms with van der Waals surface area (Å²) in [5.74, 6) is -1.09. The van der Waals surface area contributed by atoms with Crippen molar-refractivity contribution in [2.24, 2.45) is 5.73 Å². The molecule has 5 nitrogen and oxygen atoms in total. The van der Waals surface area contributed by atoms with Gasteiger partial charge in [0.1, 0.15) is 18.6 Å². The van der Waals surface area contributed by atoms with Crippen LogP contribution in [-0.2, 0) is 14.4 Å². The zero-order valence-electron chi connectivity index (χ0n) is 6.95. The summed E-state index contributed by atoms with van der Waals surface area (Å²) in [5, 5.41) is 8.26. The molecule has 0 heterocycles. The van der Waals surface area contributed by atoms with Crippen molar-refractivity contribution in [3.05, 3.63) is 0 Å². The van der Waals surface area contributed by atoms with Gasteiger partial charge >= 0.3 is 5.97 Å². The first kappa shape index (κ1) is 13.4. The lowest BCUT2D eigenvalue weighted by atomic mass is 10.1. The van der Waals surface area contributed by atoms with E-state index in [2.05, 4.69) is 0 Å². The van der Waals surface area contributed by atoms with E-state index in [1.807, 2.05) is 6.79 Å². The molecule has 0 aromatic rings. The zero-order valence-corrected chi connectivity index (χ0v) is 6.95. The summed E-state index contributed by atoms with van der Waals surface area (Å²) in [6.45, 7) is 3.41. The van der Waals surface area contributed by atoms with E-state index in [1.54, 1.807) is 0 Å². The Labute approximate surface area is 70.6 Å². The summed E-state index contributed by atoms with van der Waals surface area (Å²) >= 11 is 0. The number of hydrogen-bond donors (Lipinski definition) is 2.